The molecule has 1 amide bonds. The summed E-state index contributed by atoms with van der Waals surface area (Å²) in [4.78, 5) is 40.9. The van der Waals surface area contributed by atoms with E-state index in [1.165, 1.54) is 37.6 Å². The molecule has 7 nitrogen and oxygen atoms in total. The third-order valence-electron chi connectivity index (χ3n) is 5.36. The topological polar surface area (TPSA) is 94.6 Å². The Morgan fingerprint density at radius 2 is 1.76 bits per heavy atom. The molecule has 0 spiro atoms. The van der Waals surface area contributed by atoms with Gasteiger partial charge in [0.2, 0.25) is 0 Å². The monoisotopic (exact) mass is 520 g/mol. The lowest BCUT2D eigenvalue weighted by Crippen LogP contribution is -2.45. The second-order valence-corrected chi connectivity index (χ2v) is 9.23. The van der Waals surface area contributed by atoms with Crippen LogP contribution in [0.5, 0.6) is 0 Å². The number of amides is 1. The highest BCUT2D eigenvalue weighted by atomic mass is 19.4. The van der Waals surface area contributed by atoms with Crippen LogP contribution in [0, 0.1) is 0 Å². The first kappa shape index (κ1) is 29.5. The first-order valence-electron chi connectivity index (χ1n) is 11.6. The van der Waals surface area contributed by atoms with Gasteiger partial charge in [-0.2, -0.15) is 13.2 Å². The molecule has 0 aliphatic carbocycles. The summed E-state index contributed by atoms with van der Waals surface area (Å²) in [5.41, 5.74) is -0.958. The van der Waals surface area contributed by atoms with Gasteiger partial charge >= 0.3 is 18.2 Å². The van der Waals surface area contributed by atoms with Crippen LogP contribution in [0.4, 0.5) is 18.0 Å². The summed E-state index contributed by atoms with van der Waals surface area (Å²) in [6.07, 6.45) is -4.01. The number of esters is 1. The highest BCUT2D eigenvalue weighted by Gasteiger charge is 2.37. The molecule has 200 valence electrons. The van der Waals surface area contributed by atoms with Gasteiger partial charge in [0, 0.05) is 30.3 Å². The van der Waals surface area contributed by atoms with Crippen LogP contribution in [0.15, 0.2) is 48.2 Å². The van der Waals surface area contributed by atoms with Crippen LogP contribution in [-0.4, -0.2) is 48.3 Å². The Hall–Kier alpha value is -3.69. The minimum atomic E-state index is -4.76. The molecule has 0 aliphatic rings. The van der Waals surface area contributed by atoms with Crippen LogP contribution in [0.25, 0.3) is 5.57 Å². The van der Waals surface area contributed by atoms with Crippen molar-refractivity contribution in [2.45, 2.75) is 64.8 Å². The molecular formula is C27H31F3N2O5. The number of ether oxygens (including phenoxy) is 2. The molecule has 0 fully saturated rings. The van der Waals surface area contributed by atoms with Crippen molar-refractivity contribution in [1.29, 1.82) is 0 Å². The summed E-state index contributed by atoms with van der Waals surface area (Å²) in [7, 11) is 1.17. The fourth-order valence-electron chi connectivity index (χ4n) is 3.86. The Labute approximate surface area is 214 Å². The van der Waals surface area contributed by atoms with Gasteiger partial charge in [-0.15, -0.1) is 0 Å². The van der Waals surface area contributed by atoms with E-state index in [1.54, 1.807) is 39.8 Å². The van der Waals surface area contributed by atoms with Crippen LogP contribution in [0.1, 0.15) is 50.1 Å². The van der Waals surface area contributed by atoms with Crippen LogP contribution in [-0.2, 0) is 38.3 Å². The van der Waals surface area contributed by atoms with Crippen molar-refractivity contribution in [3.05, 3.63) is 70.6 Å². The van der Waals surface area contributed by atoms with Crippen LogP contribution >= 0.6 is 0 Å². The summed E-state index contributed by atoms with van der Waals surface area (Å²) in [5.74, 6) is -0.739. The Morgan fingerprint density at radius 1 is 1.11 bits per heavy atom. The highest BCUT2D eigenvalue weighted by molar-refractivity contribution is 5.90. The number of methoxy groups -OCH3 is 1. The van der Waals surface area contributed by atoms with Gasteiger partial charge in [0.05, 0.1) is 12.7 Å². The molecule has 0 unspecified atom stereocenters. The fourth-order valence-corrected chi connectivity index (χ4v) is 3.86. The summed E-state index contributed by atoms with van der Waals surface area (Å²) < 4.78 is 52.1. The summed E-state index contributed by atoms with van der Waals surface area (Å²) in [6.45, 7) is 6.79. The molecule has 0 bridgehead atoms. The molecule has 2 aromatic rings. The van der Waals surface area contributed by atoms with Crippen molar-refractivity contribution in [3.63, 3.8) is 0 Å². The maximum atomic E-state index is 14.0. The largest absolute Gasteiger partial charge is 0.467 e. The number of alkyl halides is 3. The molecule has 1 atom stereocenters. The molecule has 10 heteroatoms. The third-order valence-corrected chi connectivity index (χ3v) is 5.36. The second kappa shape index (κ2) is 12.5. The zero-order valence-corrected chi connectivity index (χ0v) is 21.4. The molecule has 0 aliphatic heterocycles. The number of aldehydes is 1. The van der Waals surface area contributed by atoms with E-state index >= 15 is 0 Å². The summed E-state index contributed by atoms with van der Waals surface area (Å²) >= 11 is 0. The van der Waals surface area contributed by atoms with E-state index in [9.17, 15) is 27.6 Å². The minimum Gasteiger partial charge on any atom is -0.467 e. The summed E-state index contributed by atoms with van der Waals surface area (Å²) in [5, 5.41) is 2.47. The second-order valence-electron chi connectivity index (χ2n) is 9.23. The average Bonchev–Trinajstić information content (AvgIpc) is 2.81. The zero-order chi connectivity index (χ0) is 27.8. The number of alkyl carbamates (subject to hydrolysis) is 1. The van der Waals surface area contributed by atoms with E-state index in [0.717, 1.165) is 0 Å². The van der Waals surface area contributed by atoms with Gasteiger partial charge in [0.1, 0.15) is 17.9 Å². The number of carbonyl (C=O) groups excluding carboxylic acids is 3. The van der Waals surface area contributed by atoms with Gasteiger partial charge < -0.3 is 14.8 Å². The van der Waals surface area contributed by atoms with Gasteiger partial charge in [-0.25, -0.2) is 9.59 Å². The van der Waals surface area contributed by atoms with Crippen molar-refractivity contribution >= 4 is 23.9 Å². The summed E-state index contributed by atoms with van der Waals surface area (Å²) in [6, 6.07) is 7.52. The number of rotatable bonds is 9. The lowest BCUT2D eigenvalue weighted by molar-refractivity contribution is -0.143. The van der Waals surface area contributed by atoms with Crippen molar-refractivity contribution in [1.82, 2.24) is 10.3 Å². The lowest BCUT2D eigenvalue weighted by Gasteiger charge is -2.23. The third kappa shape index (κ3) is 8.44. The smallest absolute Gasteiger partial charge is 0.417 e. The van der Waals surface area contributed by atoms with Gasteiger partial charge in [0.25, 0.3) is 0 Å². The predicted octanol–water partition coefficient (Wildman–Crippen LogP) is 5.01. The molecule has 0 radical (unpaired) electrons. The molecule has 1 N–H and O–H groups in total. The first-order valence-corrected chi connectivity index (χ1v) is 11.6. The zero-order valence-electron chi connectivity index (χ0n) is 21.4. The van der Waals surface area contributed by atoms with Crippen LogP contribution in [0.2, 0.25) is 0 Å². The van der Waals surface area contributed by atoms with Gasteiger partial charge in [-0.05, 0) is 49.9 Å². The van der Waals surface area contributed by atoms with Gasteiger partial charge in [-0.3, -0.25) is 9.78 Å². The Balaban J connectivity index is 2.48. The normalized spacial score (nSPS) is 13.3. The highest BCUT2D eigenvalue weighted by Crippen LogP contribution is 2.37. The number of carbonyl (C=O) groups is 3. The average molecular weight is 521 g/mol. The number of allylic oxidation sites excluding steroid dienone is 2. The fraction of sp³-hybridized carbons (Fsp3) is 0.407. The molecule has 37 heavy (non-hydrogen) atoms. The standard InChI is InChI=1S/C27H31F3N2O5/c1-6-20-18(14-19(16-33)23(27(28,29)30)17-10-8-7-9-11-17)12-13-31-21(20)15-22(24(34)36-5)32-25(35)37-26(2,3)4/h7-13,16,22H,6,14-15H2,1-5H3,(H,32,35)/b23-19+/t22-/m0/s1. The first-order chi connectivity index (χ1) is 17.3. The lowest BCUT2D eigenvalue weighted by atomic mass is 9.91. The van der Waals surface area contributed by atoms with Crippen molar-refractivity contribution in [3.8, 4) is 0 Å². The van der Waals surface area contributed by atoms with Crippen LogP contribution < -0.4 is 5.32 Å². The van der Waals surface area contributed by atoms with E-state index < -0.39 is 41.0 Å². The number of halogens is 3. The minimum absolute atomic E-state index is 0.0894. The molecule has 1 aromatic carbocycles. The predicted molar refractivity (Wildman–Crippen MR) is 132 cm³/mol. The van der Waals surface area contributed by atoms with E-state index in [1.807, 2.05) is 0 Å². The Kier molecular flexibility index (Phi) is 9.99. The van der Waals surface area contributed by atoms with Crippen molar-refractivity contribution < 1.29 is 37.0 Å². The number of hydrogen-bond acceptors (Lipinski definition) is 6. The van der Waals surface area contributed by atoms with Gasteiger partial charge in [0.15, 0.2) is 0 Å². The number of aromatic nitrogens is 1. The number of pyridine rings is 1. The van der Waals surface area contributed by atoms with Crippen LogP contribution in [0.3, 0.4) is 0 Å². The molecule has 1 aromatic heterocycles. The van der Waals surface area contributed by atoms with E-state index in [0.29, 0.717) is 23.2 Å². The molecule has 0 saturated carbocycles. The van der Waals surface area contributed by atoms with Crippen molar-refractivity contribution in [2.24, 2.45) is 0 Å². The molecule has 1 heterocycles. The Morgan fingerprint density at radius 3 is 2.27 bits per heavy atom. The molecule has 0 saturated heterocycles. The quantitative estimate of drug-likeness (QED) is 0.284. The number of benzene rings is 1. The van der Waals surface area contributed by atoms with Gasteiger partial charge in [-0.1, -0.05) is 37.3 Å². The Bertz CT molecular complexity index is 1140. The maximum Gasteiger partial charge on any atom is 0.417 e. The number of nitrogens with one attached hydrogen (secondary N) is 1. The molecule has 2 rings (SSSR count). The van der Waals surface area contributed by atoms with Crippen molar-refractivity contribution in [2.75, 3.05) is 7.11 Å². The SMILES string of the molecule is CCc1c(C/C(C=O)=C(/c2ccccc2)C(F)(F)F)ccnc1C[C@H](NC(=O)OC(C)(C)C)C(=O)OC. The van der Waals surface area contributed by atoms with E-state index in [4.69, 9.17) is 9.47 Å². The van der Waals surface area contributed by atoms with E-state index in [2.05, 4.69) is 10.3 Å². The number of hydrogen-bond donors (Lipinski definition) is 1. The number of nitrogens with zero attached hydrogens (tertiary/aromatic N) is 1. The van der Waals surface area contributed by atoms with E-state index in [-0.39, 0.29) is 24.7 Å². The maximum absolute atomic E-state index is 14.0. The molecular weight excluding hydrogens is 489 g/mol.